The Bertz CT molecular complexity index is 2800. The predicted molar refractivity (Wildman–Crippen MR) is 282 cm³/mol. The van der Waals surface area contributed by atoms with Crippen LogP contribution in [-0.2, 0) is 49.8 Å². The third-order valence-corrected chi connectivity index (χ3v) is 16.5. The molecule has 5 atom stereocenters. The summed E-state index contributed by atoms with van der Waals surface area (Å²) in [4.78, 5) is 81.9. The highest BCUT2D eigenvalue weighted by molar-refractivity contribution is 7.92. The monoisotopic (exact) mass is 1070 g/mol. The summed E-state index contributed by atoms with van der Waals surface area (Å²) in [5, 5.41) is 11.7. The second-order valence-electron chi connectivity index (χ2n) is 19.4. The summed E-state index contributed by atoms with van der Waals surface area (Å²) in [5.41, 5.74) is 3.29. The van der Waals surface area contributed by atoms with Crippen LogP contribution in [0.4, 0.5) is 11.4 Å². The lowest BCUT2D eigenvalue weighted by Gasteiger charge is -2.51. The van der Waals surface area contributed by atoms with Gasteiger partial charge in [0.1, 0.15) is 6.04 Å². The van der Waals surface area contributed by atoms with E-state index < -0.39 is 50.4 Å². The SMILES string of the molecule is CC(C)S(=O)(=O)C[C@H](C)N1C(=O)[C@@](C)(CC(=O)Nc2ccc(C(=O)NCCOCCOCCOCCNc3cccc4c3CN(C3CCC(=O)NC3=O)C4=O)cc2)C[C@H](c2cccc(Cl)c2)[C@H]1c1ccc(Cl)cc1. The van der Waals surface area contributed by atoms with Crippen LogP contribution in [-0.4, -0.2) is 129 Å². The van der Waals surface area contributed by atoms with Crippen LogP contribution in [0.15, 0.2) is 91.0 Å². The third-order valence-electron chi connectivity index (χ3n) is 13.7. The van der Waals surface area contributed by atoms with Crippen molar-refractivity contribution >= 4 is 79.9 Å². The molecule has 4 N–H and O–H groups in total. The van der Waals surface area contributed by atoms with Crippen LogP contribution in [0.3, 0.4) is 0 Å². The Hall–Kier alpha value is -5.89. The number of carbonyl (C=O) groups excluding carboxylic acids is 6. The van der Waals surface area contributed by atoms with Gasteiger partial charge in [0, 0.05) is 82.5 Å². The Morgan fingerprint density at radius 2 is 1.47 bits per heavy atom. The number of likely N-dealkylation sites (tertiary alicyclic amines) is 1. The number of imide groups is 1. The number of nitrogens with one attached hydrogen (secondary N) is 4. The number of halogens is 2. The van der Waals surface area contributed by atoms with E-state index in [2.05, 4.69) is 21.3 Å². The van der Waals surface area contributed by atoms with Gasteiger partial charge in [0.15, 0.2) is 9.84 Å². The smallest absolute Gasteiger partial charge is 0.255 e. The van der Waals surface area contributed by atoms with Crippen LogP contribution < -0.4 is 21.3 Å². The van der Waals surface area contributed by atoms with Crippen molar-refractivity contribution in [1.82, 2.24) is 20.4 Å². The largest absolute Gasteiger partial charge is 0.382 e. The lowest BCUT2D eigenvalue weighted by Crippen LogP contribution is -2.57. The molecule has 4 aromatic carbocycles. The third kappa shape index (κ3) is 13.9. The Balaban J connectivity index is 0.822. The van der Waals surface area contributed by atoms with Crippen molar-refractivity contribution in [2.75, 3.05) is 69.1 Å². The highest BCUT2D eigenvalue weighted by Crippen LogP contribution is 2.52. The maximum absolute atomic E-state index is 14.9. The fourth-order valence-electron chi connectivity index (χ4n) is 9.79. The summed E-state index contributed by atoms with van der Waals surface area (Å²) in [7, 11) is -3.58. The zero-order valence-corrected chi connectivity index (χ0v) is 44.3. The van der Waals surface area contributed by atoms with E-state index in [0.29, 0.717) is 72.9 Å². The van der Waals surface area contributed by atoms with Crippen molar-refractivity contribution in [3.05, 3.63) is 129 Å². The average Bonchev–Trinajstić information content (AvgIpc) is 3.69. The number of hydrogen-bond acceptors (Lipinski definition) is 12. The highest BCUT2D eigenvalue weighted by Gasteiger charge is 2.52. The summed E-state index contributed by atoms with van der Waals surface area (Å²) >= 11 is 12.8. The van der Waals surface area contributed by atoms with Gasteiger partial charge in [-0.05, 0) is 105 Å². The van der Waals surface area contributed by atoms with E-state index in [0.717, 1.165) is 22.4 Å². The average molecular weight is 1080 g/mol. The molecule has 4 aromatic rings. The number of benzene rings is 4. The van der Waals surface area contributed by atoms with Crippen LogP contribution in [0, 0.1) is 5.41 Å². The highest BCUT2D eigenvalue weighted by atomic mass is 35.5. The molecular formula is C54H64Cl2N6O11S. The number of amides is 6. The summed E-state index contributed by atoms with van der Waals surface area (Å²) in [5.74, 6) is -2.74. The van der Waals surface area contributed by atoms with Crippen molar-refractivity contribution in [3.8, 4) is 0 Å². The number of ether oxygens (including phenoxy) is 3. The molecule has 0 aliphatic carbocycles. The number of anilines is 2. The first kappa shape index (κ1) is 55.9. The maximum Gasteiger partial charge on any atom is 0.255 e. The van der Waals surface area contributed by atoms with Crippen molar-refractivity contribution < 1.29 is 51.4 Å². The summed E-state index contributed by atoms with van der Waals surface area (Å²) in [6.45, 7) is 9.73. The fraction of sp³-hybridized carbons (Fsp3) is 0.444. The Morgan fingerprint density at radius 3 is 2.14 bits per heavy atom. The first-order chi connectivity index (χ1) is 35.3. The summed E-state index contributed by atoms with van der Waals surface area (Å²) in [6, 6.07) is 24.3. The molecule has 17 nitrogen and oxygen atoms in total. The van der Waals surface area contributed by atoms with E-state index in [1.807, 2.05) is 36.4 Å². The van der Waals surface area contributed by atoms with Gasteiger partial charge in [-0.3, -0.25) is 34.1 Å². The molecule has 2 fully saturated rings. The molecule has 3 aliphatic heterocycles. The van der Waals surface area contributed by atoms with Gasteiger partial charge in [-0.1, -0.05) is 60.5 Å². The maximum atomic E-state index is 14.9. The molecule has 0 radical (unpaired) electrons. The lowest BCUT2D eigenvalue weighted by molar-refractivity contribution is -0.155. The molecule has 396 valence electrons. The van der Waals surface area contributed by atoms with Crippen molar-refractivity contribution in [2.45, 2.75) is 89.2 Å². The van der Waals surface area contributed by atoms with Gasteiger partial charge < -0.3 is 40.0 Å². The van der Waals surface area contributed by atoms with E-state index in [4.69, 9.17) is 37.4 Å². The molecule has 0 spiro atoms. The Labute approximate surface area is 442 Å². The van der Waals surface area contributed by atoms with Crippen LogP contribution in [0.1, 0.15) is 103 Å². The van der Waals surface area contributed by atoms with Crippen molar-refractivity contribution in [1.29, 1.82) is 0 Å². The molecule has 3 heterocycles. The molecular weight excluding hydrogens is 1010 g/mol. The van der Waals surface area contributed by atoms with E-state index >= 15 is 0 Å². The second kappa shape index (κ2) is 25.1. The quantitative estimate of drug-likeness (QED) is 0.0414. The first-order valence-electron chi connectivity index (χ1n) is 24.8. The number of hydrogen-bond donors (Lipinski definition) is 4. The Morgan fingerprint density at radius 1 is 0.811 bits per heavy atom. The van der Waals surface area contributed by atoms with Crippen molar-refractivity contribution in [3.63, 3.8) is 0 Å². The molecule has 20 heteroatoms. The molecule has 6 amide bonds. The van der Waals surface area contributed by atoms with Gasteiger partial charge in [0.2, 0.25) is 23.6 Å². The van der Waals surface area contributed by atoms with E-state index in [1.54, 1.807) is 87.2 Å². The molecule has 7 rings (SSSR count). The Kier molecular flexibility index (Phi) is 18.9. The number of rotatable bonds is 24. The minimum Gasteiger partial charge on any atom is -0.382 e. The molecule has 0 aromatic heterocycles. The number of nitrogens with zero attached hydrogens (tertiary/aromatic N) is 2. The molecule has 1 unspecified atom stereocenters. The zero-order valence-electron chi connectivity index (χ0n) is 42.0. The minimum atomic E-state index is -3.58. The molecule has 0 saturated carbocycles. The predicted octanol–water partition coefficient (Wildman–Crippen LogP) is 6.95. The van der Waals surface area contributed by atoms with Gasteiger partial charge in [-0.2, -0.15) is 0 Å². The molecule has 74 heavy (non-hydrogen) atoms. The number of fused-ring (bicyclic) bond motifs is 1. The standard InChI is InChI=1S/C54H64Cl2N6O11S/c1-34(2)74(69,70)33-35(3)62-49(36-11-15-39(55)16-12-36)43(38-7-5-8-40(56)29-38)30-54(4,53(62)68)31-48(64)59-41-17-13-37(14-18-41)50(65)58-22-24-72-26-28-73-27-25-71-23-21-57-45-10-6-9-42-44(45)32-61(52(42)67)46-19-20-47(63)60-51(46)66/h5-18,29,34-35,43,46,49,57H,19-28,30-33H2,1-4H3,(H,58,65)(H,59,64)(H,60,63,66)/t35-,43+,46?,49+,54+/m0/s1. The number of piperidine rings is 2. The summed E-state index contributed by atoms with van der Waals surface area (Å²) in [6.07, 6.45) is 0.561. The van der Waals surface area contributed by atoms with Gasteiger partial charge in [0.25, 0.3) is 11.8 Å². The van der Waals surface area contributed by atoms with Crippen LogP contribution in [0.2, 0.25) is 10.0 Å². The first-order valence-corrected chi connectivity index (χ1v) is 27.3. The van der Waals surface area contributed by atoms with Gasteiger partial charge in [-0.15, -0.1) is 0 Å². The number of sulfone groups is 1. The zero-order chi connectivity index (χ0) is 53.2. The van der Waals surface area contributed by atoms with Gasteiger partial charge in [0.05, 0.1) is 62.1 Å². The summed E-state index contributed by atoms with van der Waals surface area (Å²) < 4.78 is 43.5. The van der Waals surface area contributed by atoms with Crippen LogP contribution in [0.5, 0.6) is 0 Å². The van der Waals surface area contributed by atoms with Crippen molar-refractivity contribution in [2.24, 2.45) is 5.41 Å². The fourth-order valence-corrected chi connectivity index (χ4v) is 11.3. The van der Waals surface area contributed by atoms with E-state index in [1.165, 1.54) is 4.90 Å². The topological polar surface area (TPSA) is 219 Å². The van der Waals surface area contributed by atoms with Gasteiger partial charge >= 0.3 is 0 Å². The normalized spacial score (nSPS) is 20.3. The molecule has 0 bridgehead atoms. The van der Waals surface area contributed by atoms with E-state index in [-0.39, 0.29) is 74.3 Å². The molecule has 3 aliphatic rings. The van der Waals surface area contributed by atoms with Crippen LogP contribution >= 0.6 is 23.2 Å². The second-order valence-corrected chi connectivity index (χ2v) is 22.9. The lowest BCUT2D eigenvalue weighted by atomic mass is 9.67. The molecule has 2 saturated heterocycles. The minimum absolute atomic E-state index is 0.195. The number of carbonyl (C=O) groups is 6. The van der Waals surface area contributed by atoms with Crippen LogP contribution in [0.25, 0.3) is 0 Å². The van der Waals surface area contributed by atoms with E-state index in [9.17, 15) is 37.2 Å². The van der Waals surface area contributed by atoms with Gasteiger partial charge in [-0.25, -0.2) is 8.42 Å².